The van der Waals surface area contributed by atoms with Crippen LogP contribution in [-0.2, 0) is 16.1 Å². The number of hydrogen-bond acceptors (Lipinski definition) is 4. The van der Waals surface area contributed by atoms with Crippen LogP contribution in [0.3, 0.4) is 0 Å². The smallest absolute Gasteiger partial charge is 0.410 e. The quantitative estimate of drug-likeness (QED) is 0.869. The van der Waals surface area contributed by atoms with Crippen LogP contribution < -0.4 is 0 Å². The second-order valence-electron chi connectivity index (χ2n) is 5.22. The van der Waals surface area contributed by atoms with E-state index in [4.69, 9.17) is 9.84 Å². The molecule has 0 saturated carbocycles. The third-order valence-electron chi connectivity index (χ3n) is 3.24. The highest BCUT2D eigenvalue weighted by molar-refractivity contribution is 5.81. The first-order valence-corrected chi connectivity index (χ1v) is 6.31. The fourth-order valence-corrected chi connectivity index (χ4v) is 2.28. The average molecular weight is 279 g/mol. The van der Waals surface area contributed by atoms with Gasteiger partial charge in [-0.1, -0.05) is 30.3 Å². The molecule has 1 aliphatic heterocycles. The Balaban J connectivity index is 1.99. The van der Waals surface area contributed by atoms with Crippen LogP contribution in [0, 0.1) is 0 Å². The maximum absolute atomic E-state index is 12.0. The van der Waals surface area contributed by atoms with E-state index < -0.39 is 23.7 Å². The van der Waals surface area contributed by atoms with Crippen molar-refractivity contribution in [2.24, 2.45) is 0 Å². The zero-order valence-electron chi connectivity index (χ0n) is 11.2. The molecule has 6 heteroatoms. The monoisotopic (exact) mass is 279 g/mol. The van der Waals surface area contributed by atoms with Gasteiger partial charge >= 0.3 is 12.1 Å². The van der Waals surface area contributed by atoms with Crippen molar-refractivity contribution in [1.82, 2.24) is 4.90 Å². The molecule has 1 amide bonds. The second-order valence-corrected chi connectivity index (χ2v) is 5.22. The Morgan fingerprint density at radius 2 is 2.05 bits per heavy atom. The van der Waals surface area contributed by atoms with Crippen LogP contribution in [0.15, 0.2) is 30.3 Å². The number of nitrogens with zero attached hydrogens (tertiary/aromatic N) is 1. The van der Waals surface area contributed by atoms with Crippen LogP contribution in [0.25, 0.3) is 0 Å². The van der Waals surface area contributed by atoms with Gasteiger partial charge in [0.15, 0.2) is 0 Å². The zero-order chi connectivity index (χ0) is 14.8. The summed E-state index contributed by atoms with van der Waals surface area (Å²) >= 11 is 0. The SMILES string of the molecule is C[C@@]1(O)C[C@@H](C(=O)O)N(C(=O)OCc2ccccc2)C1. The minimum Gasteiger partial charge on any atom is -0.480 e. The van der Waals surface area contributed by atoms with Crippen molar-refractivity contribution in [1.29, 1.82) is 0 Å². The molecular formula is C14H17NO5. The molecule has 0 aromatic heterocycles. The number of amides is 1. The van der Waals surface area contributed by atoms with Crippen molar-refractivity contribution in [3.63, 3.8) is 0 Å². The minimum absolute atomic E-state index is 0.00275. The Hall–Kier alpha value is -2.08. The lowest BCUT2D eigenvalue weighted by molar-refractivity contribution is -0.141. The number of rotatable bonds is 3. The molecule has 1 saturated heterocycles. The largest absolute Gasteiger partial charge is 0.480 e. The molecule has 0 aliphatic carbocycles. The summed E-state index contributed by atoms with van der Waals surface area (Å²) in [5.74, 6) is -1.14. The molecule has 20 heavy (non-hydrogen) atoms. The van der Waals surface area contributed by atoms with E-state index in [1.165, 1.54) is 6.92 Å². The van der Waals surface area contributed by atoms with Gasteiger partial charge in [-0.2, -0.15) is 0 Å². The predicted octanol–water partition coefficient (Wildman–Crippen LogP) is 1.23. The van der Waals surface area contributed by atoms with E-state index in [1.54, 1.807) is 0 Å². The van der Waals surface area contributed by atoms with Gasteiger partial charge in [0.05, 0.1) is 12.1 Å². The number of carboxylic acid groups (broad SMARTS) is 1. The van der Waals surface area contributed by atoms with Crippen LogP contribution in [-0.4, -0.2) is 45.4 Å². The first-order chi connectivity index (χ1) is 9.39. The van der Waals surface area contributed by atoms with Gasteiger partial charge in [0.25, 0.3) is 0 Å². The minimum atomic E-state index is -1.20. The maximum Gasteiger partial charge on any atom is 0.410 e. The number of carboxylic acids is 1. The first kappa shape index (κ1) is 14.3. The Morgan fingerprint density at radius 1 is 1.40 bits per heavy atom. The highest BCUT2D eigenvalue weighted by Gasteiger charge is 2.46. The number of aliphatic hydroxyl groups is 1. The van der Waals surface area contributed by atoms with Crippen molar-refractivity contribution < 1.29 is 24.5 Å². The normalized spacial score (nSPS) is 25.5. The predicted molar refractivity (Wildman–Crippen MR) is 70.0 cm³/mol. The highest BCUT2D eigenvalue weighted by Crippen LogP contribution is 2.27. The summed E-state index contributed by atoms with van der Waals surface area (Å²) in [6.07, 6.45) is -0.720. The molecule has 1 aromatic carbocycles. The van der Waals surface area contributed by atoms with Gasteiger partial charge < -0.3 is 14.9 Å². The fourth-order valence-electron chi connectivity index (χ4n) is 2.28. The van der Waals surface area contributed by atoms with Gasteiger partial charge in [-0.3, -0.25) is 4.90 Å². The topological polar surface area (TPSA) is 87.1 Å². The van der Waals surface area contributed by atoms with Gasteiger partial charge in [0.1, 0.15) is 12.6 Å². The van der Waals surface area contributed by atoms with Crippen molar-refractivity contribution in [2.45, 2.75) is 31.6 Å². The summed E-state index contributed by atoms with van der Waals surface area (Å²) in [5, 5.41) is 19.0. The van der Waals surface area contributed by atoms with Gasteiger partial charge in [-0.15, -0.1) is 0 Å². The summed E-state index contributed by atoms with van der Waals surface area (Å²) < 4.78 is 5.10. The van der Waals surface area contributed by atoms with Crippen LogP contribution in [0.1, 0.15) is 18.9 Å². The maximum atomic E-state index is 12.0. The fraction of sp³-hybridized carbons (Fsp3) is 0.429. The van der Waals surface area contributed by atoms with E-state index in [1.807, 2.05) is 30.3 Å². The molecule has 2 N–H and O–H groups in total. The summed E-state index contributed by atoms with van der Waals surface area (Å²) in [4.78, 5) is 24.1. The molecule has 1 fully saturated rings. The second kappa shape index (κ2) is 5.50. The standard InChI is InChI=1S/C14H17NO5/c1-14(19)7-11(12(16)17)15(9-14)13(18)20-8-10-5-3-2-4-6-10/h2-6,11,19H,7-9H2,1H3,(H,16,17)/t11-,14+/m0/s1. The summed E-state index contributed by atoms with van der Waals surface area (Å²) in [7, 11) is 0. The first-order valence-electron chi connectivity index (χ1n) is 6.31. The van der Waals surface area contributed by atoms with Gasteiger partial charge in [0, 0.05) is 6.42 Å². The van der Waals surface area contributed by atoms with E-state index in [0.717, 1.165) is 10.5 Å². The molecule has 1 aliphatic rings. The number of carbonyl (C=O) groups is 2. The van der Waals surface area contributed by atoms with Crippen LogP contribution in [0.2, 0.25) is 0 Å². The number of aliphatic carboxylic acids is 1. The summed E-state index contributed by atoms with van der Waals surface area (Å²) in [5.41, 5.74) is -0.381. The average Bonchev–Trinajstić information content (AvgIpc) is 2.74. The van der Waals surface area contributed by atoms with Crippen LogP contribution >= 0.6 is 0 Å². The van der Waals surface area contributed by atoms with E-state index in [-0.39, 0.29) is 19.6 Å². The van der Waals surface area contributed by atoms with Crippen molar-refractivity contribution in [2.75, 3.05) is 6.54 Å². The number of β-amino-alcohol motifs (C(OH)–C–C–N with tert-alkyl or cyclic N) is 1. The van der Waals surface area contributed by atoms with E-state index in [0.29, 0.717) is 0 Å². The van der Waals surface area contributed by atoms with Gasteiger partial charge in [0.2, 0.25) is 0 Å². The lowest BCUT2D eigenvalue weighted by Gasteiger charge is -2.21. The molecule has 1 aromatic rings. The van der Waals surface area contributed by atoms with Crippen molar-refractivity contribution in [3.8, 4) is 0 Å². The van der Waals surface area contributed by atoms with Gasteiger partial charge in [-0.05, 0) is 12.5 Å². The Labute approximate surface area is 116 Å². The van der Waals surface area contributed by atoms with Gasteiger partial charge in [-0.25, -0.2) is 9.59 Å². The zero-order valence-corrected chi connectivity index (χ0v) is 11.2. The lowest BCUT2D eigenvalue weighted by Crippen LogP contribution is -2.41. The number of carbonyl (C=O) groups excluding carboxylic acids is 1. The van der Waals surface area contributed by atoms with E-state index in [2.05, 4.69) is 0 Å². The molecule has 2 atom stereocenters. The third kappa shape index (κ3) is 3.27. The number of likely N-dealkylation sites (tertiary alicyclic amines) is 1. The van der Waals surface area contributed by atoms with Crippen molar-refractivity contribution >= 4 is 12.1 Å². The van der Waals surface area contributed by atoms with Crippen LogP contribution in [0.5, 0.6) is 0 Å². The molecule has 0 unspecified atom stereocenters. The van der Waals surface area contributed by atoms with Crippen LogP contribution in [0.4, 0.5) is 4.79 Å². The third-order valence-corrected chi connectivity index (χ3v) is 3.24. The highest BCUT2D eigenvalue weighted by atomic mass is 16.6. The Kier molecular flexibility index (Phi) is 3.94. The lowest BCUT2D eigenvalue weighted by atomic mass is 10.0. The number of ether oxygens (including phenoxy) is 1. The number of hydrogen-bond donors (Lipinski definition) is 2. The summed E-state index contributed by atoms with van der Waals surface area (Å²) in [6.45, 7) is 1.54. The molecule has 2 rings (SSSR count). The molecule has 0 spiro atoms. The summed E-state index contributed by atoms with van der Waals surface area (Å²) in [6, 6.07) is 8.06. The molecule has 1 heterocycles. The Morgan fingerprint density at radius 3 is 2.65 bits per heavy atom. The molecule has 0 bridgehead atoms. The Bertz CT molecular complexity index is 500. The van der Waals surface area contributed by atoms with Crippen molar-refractivity contribution in [3.05, 3.63) is 35.9 Å². The molecule has 108 valence electrons. The molecule has 6 nitrogen and oxygen atoms in total. The molecular weight excluding hydrogens is 262 g/mol. The van der Waals surface area contributed by atoms with E-state index in [9.17, 15) is 14.7 Å². The number of benzene rings is 1. The van der Waals surface area contributed by atoms with E-state index >= 15 is 0 Å². The molecule has 0 radical (unpaired) electrons.